The molecular weight excluding hydrogens is 464 g/mol. The fraction of sp³-hybridized carbons (Fsp3) is 0.263. The molecule has 2 aromatic carbocycles. The minimum absolute atomic E-state index is 0. The third-order valence-electron chi connectivity index (χ3n) is 4.68. The SMILES string of the molecule is Cc1cc(-c2nn(Cc3cc(Cl)[c-]c(Cl)c3O)c(=O)o2)c(C)c(C)c1C.[Y]. The predicted octanol–water partition coefficient (Wildman–Crippen LogP) is 4.60. The summed E-state index contributed by atoms with van der Waals surface area (Å²) in [6.07, 6.45) is 0. The minimum atomic E-state index is -0.630. The molecule has 0 atom stereocenters. The Labute approximate surface area is 192 Å². The molecule has 1 heterocycles. The molecule has 0 saturated heterocycles. The molecule has 8 heteroatoms. The van der Waals surface area contributed by atoms with Crippen molar-refractivity contribution in [2.45, 2.75) is 34.2 Å². The number of nitrogens with zero attached hydrogens (tertiary/aromatic N) is 2. The van der Waals surface area contributed by atoms with Gasteiger partial charge in [0.15, 0.2) is 0 Å². The molecule has 0 aliphatic heterocycles. The molecule has 0 aliphatic rings. The zero-order valence-electron chi connectivity index (χ0n) is 15.4. The van der Waals surface area contributed by atoms with Crippen molar-refractivity contribution in [2.75, 3.05) is 0 Å². The van der Waals surface area contributed by atoms with Gasteiger partial charge in [-0.2, -0.15) is 4.68 Å². The van der Waals surface area contributed by atoms with Crippen molar-refractivity contribution in [3.05, 3.63) is 66.6 Å². The maximum atomic E-state index is 12.2. The summed E-state index contributed by atoms with van der Waals surface area (Å²) in [5.74, 6) is -0.585. The van der Waals surface area contributed by atoms with Crippen molar-refractivity contribution < 1.29 is 42.2 Å². The smallest absolute Gasteiger partial charge is 0.437 e. The summed E-state index contributed by atoms with van der Waals surface area (Å²) in [5, 5.41) is 14.6. The second-order valence-electron chi connectivity index (χ2n) is 6.25. The van der Waals surface area contributed by atoms with Crippen molar-refractivity contribution in [3.8, 4) is 17.2 Å². The number of halogens is 2. The van der Waals surface area contributed by atoms with E-state index in [9.17, 15) is 9.90 Å². The quantitative estimate of drug-likeness (QED) is 0.556. The molecule has 5 nitrogen and oxygen atoms in total. The fourth-order valence-electron chi connectivity index (χ4n) is 2.79. The van der Waals surface area contributed by atoms with E-state index < -0.39 is 5.76 Å². The molecule has 1 aromatic heterocycles. The first-order chi connectivity index (χ1) is 12.2. The molecule has 1 N–H and O–H groups in total. The third-order valence-corrected chi connectivity index (χ3v) is 5.16. The van der Waals surface area contributed by atoms with Crippen molar-refractivity contribution in [1.29, 1.82) is 0 Å². The van der Waals surface area contributed by atoms with Crippen LogP contribution in [0.1, 0.15) is 27.8 Å². The van der Waals surface area contributed by atoms with Crippen molar-refractivity contribution in [1.82, 2.24) is 9.78 Å². The number of benzene rings is 2. The van der Waals surface area contributed by atoms with E-state index in [0.29, 0.717) is 5.56 Å². The largest absolute Gasteiger partial charge is 0.564 e. The summed E-state index contributed by atoms with van der Waals surface area (Å²) in [6.45, 7) is 8.03. The molecule has 0 saturated carbocycles. The van der Waals surface area contributed by atoms with Crippen LogP contribution in [0.5, 0.6) is 5.75 Å². The number of aromatic hydroxyl groups is 1. The van der Waals surface area contributed by atoms with Crippen molar-refractivity contribution in [2.24, 2.45) is 0 Å². The van der Waals surface area contributed by atoms with Crippen LogP contribution in [-0.4, -0.2) is 14.9 Å². The van der Waals surface area contributed by atoms with Crippen molar-refractivity contribution >= 4 is 23.2 Å². The Kier molecular flexibility index (Phi) is 6.96. The average molecular weight is 481 g/mol. The van der Waals surface area contributed by atoms with E-state index in [-0.39, 0.29) is 60.9 Å². The van der Waals surface area contributed by atoms with Gasteiger partial charge >= 0.3 is 5.76 Å². The number of aryl methyl sites for hydroxylation is 1. The van der Waals surface area contributed by atoms with Gasteiger partial charge in [0.05, 0.1) is 6.54 Å². The van der Waals surface area contributed by atoms with E-state index in [1.165, 1.54) is 11.6 Å². The Morgan fingerprint density at radius 3 is 2.48 bits per heavy atom. The monoisotopic (exact) mass is 480 g/mol. The summed E-state index contributed by atoms with van der Waals surface area (Å²) in [7, 11) is 0. The topological polar surface area (TPSA) is 68.3 Å². The number of hydrogen-bond acceptors (Lipinski definition) is 4. The molecule has 1 radical (unpaired) electrons. The van der Waals surface area contributed by atoms with E-state index in [2.05, 4.69) is 18.1 Å². The van der Waals surface area contributed by atoms with Crippen LogP contribution in [0.4, 0.5) is 0 Å². The number of rotatable bonds is 3. The maximum Gasteiger partial charge on any atom is 0.437 e. The Morgan fingerprint density at radius 2 is 1.81 bits per heavy atom. The van der Waals surface area contributed by atoms with E-state index in [4.69, 9.17) is 27.6 Å². The summed E-state index contributed by atoms with van der Waals surface area (Å²) in [4.78, 5) is 12.2. The van der Waals surface area contributed by atoms with Crippen molar-refractivity contribution in [3.63, 3.8) is 0 Å². The molecular formula is C19H17Cl2N2O3Y-. The number of phenolic OH excluding ortho intramolecular Hbond substituents is 1. The van der Waals surface area contributed by atoms with Crippen LogP contribution in [0.2, 0.25) is 10.0 Å². The van der Waals surface area contributed by atoms with Gasteiger partial charge in [-0.3, -0.25) is 0 Å². The zero-order chi connectivity index (χ0) is 19.2. The molecule has 0 aliphatic carbocycles. The van der Waals surface area contributed by atoms with Crippen LogP contribution in [0, 0.1) is 33.8 Å². The standard InChI is InChI=1S/C19H17Cl2N2O3.Y/c1-9-5-15(12(4)11(3)10(9)2)18-22-23(19(25)26-18)8-13-6-14(20)7-16(21)17(13)24;/h5-6,24H,8H2,1-4H3;/q-1;. The van der Waals surface area contributed by atoms with Gasteiger partial charge in [-0.25, -0.2) is 4.79 Å². The molecule has 3 rings (SSSR count). The second-order valence-corrected chi connectivity index (χ2v) is 7.04. The van der Waals surface area contributed by atoms with Crippen LogP contribution < -0.4 is 5.76 Å². The van der Waals surface area contributed by atoms with Gasteiger partial charge in [0.1, 0.15) is 0 Å². The van der Waals surface area contributed by atoms with Gasteiger partial charge in [0, 0.05) is 44.0 Å². The average Bonchev–Trinajstić information content (AvgIpc) is 2.94. The first kappa shape index (κ1) is 22.2. The van der Waals surface area contributed by atoms with Crippen LogP contribution in [-0.2, 0) is 39.3 Å². The first-order valence-electron chi connectivity index (χ1n) is 7.94. The molecule has 0 unspecified atom stereocenters. The number of hydrogen-bond donors (Lipinski definition) is 1. The van der Waals surface area contributed by atoms with Gasteiger partial charge in [0.2, 0.25) is 5.89 Å². The van der Waals surface area contributed by atoms with Gasteiger partial charge in [-0.15, -0.1) is 40.4 Å². The van der Waals surface area contributed by atoms with Crippen LogP contribution in [0.25, 0.3) is 11.5 Å². The molecule has 27 heavy (non-hydrogen) atoms. The van der Waals surface area contributed by atoms with Gasteiger partial charge in [0.25, 0.3) is 0 Å². The van der Waals surface area contributed by atoms with E-state index in [1.54, 1.807) is 0 Å². The molecule has 3 aromatic rings. The summed E-state index contributed by atoms with van der Waals surface area (Å²) in [5.41, 5.74) is 5.55. The van der Waals surface area contributed by atoms with Gasteiger partial charge in [-0.05, 0) is 61.0 Å². The Balaban J connectivity index is 0.00000261. The van der Waals surface area contributed by atoms with Crippen LogP contribution in [0.15, 0.2) is 21.3 Å². The summed E-state index contributed by atoms with van der Waals surface area (Å²) < 4.78 is 6.47. The normalized spacial score (nSPS) is 10.7. The van der Waals surface area contributed by atoms with Gasteiger partial charge < -0.3 is 9.52 Å². The molecule has 139 valence electrons. The summed E-state index contributed by atoms with van der Waals surface area (Å²) >= 11 is 11.8. The molecule has 0 spiro atoms. The minimum Gasteiger partial charge on any atom is -0.564 e. The second kappa shape index (κ2) is 8.48. The fourth-order valence-corrected chi connectivity index (χ4v) is 3.29. The maximum absolute atomic E-state index is 12.2. The zero-order valence-corrected chi connectivity index (χ0v) is 19.7. The molecule has 0 amide bonds. The number of phenols is 1. The molecule has 0 bridgehead atoms. The van der Waals surface area contributed by atoms with E-state index >= 15 is 0 Å². The summed E-state index contributed by atoms with van der Waals surface area (Å²) in [6, 6.07) is 6.02. The Hall–Kier alpha value is -1.14. The van der Waals surface area contributed by atoms with E-state index in [1.807, 2.05) is 26.8 Å². The third kappa shape index (κ3) is 4.32. The Bertz CT molecular complexity index is 1070. The number of aromatic nitrogens is 2. The van der Waals surface area contributed by atoms with E-state index in [0.717, 1.165) is 26.9 Å². The Morgan fingerprint density at radius 1 is 1.15 bits per heavy atom. The van der Waals surface area contributed by atoms with Crippen LogP contribution >= 0.6 is 23.2 Å². The predicted molar refractivity (Wildman–Crippen MR) is 101 cm³/mol. The first-order valence-corrected chi connectivity index (χ1v) is 8.69. The molecule has 0 fully saturated rings. The van der Waals surface area contributed by atoms with Crippen LogP contribution in [0.3, 0.4) is 0 Å². The van der Waals surface area contributed by atoms with Gasteiger partial charge in [-0.1, -0.05) is 10.6 Å².